The zero-order chi connectivity index (χ0) is 24.7. The molecule has 33 heavy (non-hydrogen) atoms. The number of H-pyrrole nitrogens is 1. The molecule has 2 aromatic heterocycles. The van der Waals surface area contributed by atoms with Crippen LogP contribution in [0.25, 0.3) is 0 Å². The van der Waals surface area contributed by atoms with Crippen molar-refractivity contribution in [3.05, 3.63) is 49.7 Å². The summed E-state index contributed by atoms with van der Waals surface area (Å²) in [6.07, 6.45) is 4.81. The second-order valence-corrected chi connectivity index (χ2v) is 9.78. The number of anilines is 1. The van der Waals surface area contributed by atoms with E-state index in [0.717, 1.165) is 23.4 Å². The summed E-state index contributed by atoms with van der Waals surface area (Å²) in [6, 6.07) is 3.14. The molecule has 7 heteroatoms. The SMILES string of the molecule is CC.CCN(c1scc(C(=O)NCc2c(C)cc(C)[nH]c2=O)c1C)C1CCC(N(C)C)CC1. The van der Waals surface area contributed by atoms with Gasteiger partial charge in [0.1, 0.15) is 0 Å². The molecule has 2 heterocycles. The van der Waals surface area contributed by atoms with E-state index in [1.807, 2.05) is 46.1 Å². The first-order valence-electron chi connectivity index (χ1n) is 12.2. The van der Waals surface area contributed by atoms with Crippen LogP contribution in [-0.4, -0.2) is 48.5 Å². The third-order valence-electron chi connectivity index (χ3n) is 6.62. The summed E-state index contributed by atoms with van der Waals surface area (Å²) in [6.45, 7) is 13.2. The van der Waals surface area contributed by atoms with E-state index in [4.69, 9.17) is 0 Å². The van der Waals surface area contributed by atoms with E-state index in [2.05, 4.69) is 41.1 Å². The molecule has 184 valence electrons. The minimum absolute atomic E-state index is 0.119. The number of pyridine rings is 1. The molecule has 2 aromatic rings. The van der Waals surface area contributed by atoms with Crippen LogP contribution >= 0.6 is 11.3 Å². The van der Waals surface area contributed by atoms with Crippen molar-refractivity contribution >= 4 is 22.2 Å². The Labute approximate surface area is 203 Å². The number of aromatic amines is 1. The van der Waals surface area contributed by atoms with Crippen LogP contribution in [0.5, 0.6) is 0 Å². The van der Waals surface area contributed by atoms with Crippen LogP contribution in [0.1, 0.15) is 79.2 Å². The summed E-state index contributed by atoms with van der Waals surface area (Å²) >= 11 is 1.65. The molecule has 0 atom stereocenters. The number of carbonyl (C=O) groups excluding carboxylic acids is 1. The number of rotatable bonds is 7. The number of amides is 1. The van der Waals surface area contributed by atoms with Gasteiger partial charge in [-0.2, -0.15) is 0 Å². The Morgan fingerprint density at radius 2 is 1.73 bits per heavy atom. The van der Waals surface area contributed by atoms with Crippen LogP contribution in [0, 0.1) is 20.8 Å². The summed E-state index contributed by atoms with van der Waals surface area (Å²) in [5, 5.41) is 6.11. The molecule has 1 saturated carbocycles. The monoisotopic (exact) mass is 474 g/mol. The maximum atomic E-state index is 12.9. The molecular formula is C26H42N4O2S. The van der Waals surface area contributed by atoms with Gasteiger partial charge in [0.25, 0.3) is 11.5 Å². The van der Waals surface area contributed by atoms with Gasteiger partial charge in [0.05, 0.1) is 10.6 Å². The Bertz CT molecular complexity index is 971. The summed E-state index contributed by atoms with van der Waals surface area (Å²) in [5.74, 6) is -0.119. The topological polar surface area (TPSA) is 68.4 Å². The van der Waals surface area contributed by atoms with Crippen molar-refractivity contribution in [1.82, 2.24) is 15.2 Å². The van der Waals surface area contributed by atoms with Crippen molar-refractivity contribution in [2.24, 2.45) is 0 Å². The molecular weight excluding hydrogens is 432 g/mol. The largest absolute Gasteiger partial charge is 0.361 e. The molecule has 3 rings (SSSR count). The number of thiophene rings is 1. The van der Waals surface area contributed by atoms with E-state index in [9.17, 15) is 9.59 Å². The molecule has 1 fully saturated rings. The minimum Gasteiger partial charge on any atom is -0.361 e. The van der Waals surface area contributed by atoms with Crippen LogP contribution in [0.3, 0.4) is 0 Å². The van der Waals surface area contributed by atoms with Crippen LogP contribution in [0.15, 0.2) is 16.2 Å². The van der Waals surface area contributed by atoms with Gasteiger partial charge in [0.2, 0.25) is 0 Å². The molecule has 0 spiro atoms. The number of aromatic nitrogens is 1. The molecule has 0 saturated heterocycles. The van der Waals surface area contributed by atoms with Crippen molar-refractivity contribution in [2.45, 2.75) is 85.9 Å². The number of hydrogen-bond donors (Lipinski definition) is 2. The number of carbonyl (C=O) groups is 1. The number of nitrogens with zero attached hydrogens (tertiary/aromatic N) is 2. The van der Waals surface area contributed by atoms with Crippen molar-refractivity contribution in [3.8, 4) is 0 Å². The van der Waals surface area contributed by atoms with Crippen LogP contribution < -0.4 is 15.8 Å². The second kappa shape index (κ2) is 12.4. The zero-order valence-electron chi connectivity index (χ0n) is 21.7. The molecule has 2 N–H and O–H groups in total. The van der Waals surface area contributed by atoms with E-state index in [1.54, 1.807) is 11.3 Å². The lowest BCUT2D eigenvalue weighted by Crippen LogP contribution is -2.42. The Morgan fingerprint density at radius 1 is 1.12 bits per heavy atom. The van der Waals surface area contributed by atoms with Crippen molar-refractivity contribution in [3.63, 3.8) is 0 Å². The molecule has 6 nitrogen and oxygen atoms in total. The fourth-order valence-corrected chi connectivity index (χ4v) is 5.95. The zero-order valence-corrected chi connectivity index (χ0v) is 22.5. The summed E-state index contributed by atoms with van der Waals surface area (Å²) in [4.78, 5) is 32.8. The van der Waals surface area contributed by atoms with Gasteiger partial charge in [-0.15, -0.1) is 11.3 Å². The Balaban J connectivity index is 0.00000187. The van der Waals surface area contributed by atoms with Gasteiger partial charge >= 0.3 is 0 Å². The fourth-order valence-electron chi connectivity index (χ4n) is 4.73. The molecule has 1 aliphatic carbocycles. The number of nitrogens with one attached hydrogen (secondary N) is 2. The van der Waals surface area contributed by atoms with Gasteiger partial charge < -0.3 is 20.1 Å². The summed E-state index contributed by atoms with van der Waals surface area (Å²) < 4.78 is 0. The number of hydrogen-bond acceptors (Lipinski definition) is 5. The third-order valence-corrected chi connectivity index (χ3v) is 7.73. The predicted molar refractivity (Wildman–Crippen MR) is 141 cm³/mol. The van der Waals surface area contributed by atoms with Crippen molar-refractivity contribution in [2.75, 3.05) is 25.5 Å². The molecule has 1 amide bonds. The van der Waals surface area contributed by atoms with Crippen LogP contribution in [0.4, 0.5) is 5.00 Å². The lowest BCUT2D eigenvalue weighted by Gasteiger charge is -2.39. The first kappa shape index (κ1) is 27.1. The lowest BCUT2D eigenvalue weighted by molar-refractivity contribution is 0.0950. The van der Waals surface area contributed by atoms with E-state index < -0.39 is 0 Å². The second-order valence-electron chi connectivity index (χ2n) is 8.92. The van der Waals surface area contributed by atoms with Gasteiger partial charge in [-0.1, -0.05) is 13.8 Å². The van der Waals surface area contributed by atoms with Gasteiger partial charge in [-0.3, -0.25) is 9.59 Å². The van der Waals surface area contributed by atoms with E-state index in [0.29, 0.717) is 23.2 Å². The van der Waals surface area contributed by atoms with Gasteiger partial charge in [-0.25, -0.2) is 0 Å². The average molecular weight is 475 g/mol. The first-order chi connectivity index (χ1) is 15.7. The van der Waals surface area contributed by atoms with E-state index >= 15 is 0 Å². The molecule has 0 bridgehead atoms. The summed E-state index contributed by atoms with van der Waals surface area (Å²) in [7, 11) is 4.34. The summed E-state index contributed by atoms with van der Waals surface area (Å²) in [5.41, 5.74) is 3.95. The molecule has 1 aliphatic rings. The smallest absolute Gasteiger partial charge is 0.253 e. The highest BCUT2D eigenvalue weighted by atomic mass is 32.1. The molecule has 0 aliphatic heterocycles. The standard InChI is InChI=1S/C24H36N4O2S.C2H6/c1-7-28(19-10-8-18(9-11-19)27(5)6)24-17(4)21(14-31-24)22(29)25-13-20-15(2)12-16(3)26-23(20)30;1-2/h12,14,18-19H,7-11,13H2,1-6H3,(H,25,29)(H,26,30);1-2H3. The number of aryl methyl sites for hydroxylation is 2. The van der Waals surface area contributed by atoms with Crippen molar-refractivity contribution in [1.29, 1.82) is 0 Å². The Kier molecular flexibility index (Phi) is 10.2. The highest BCUT2D eigenvalue weighted by Gasteiger charge is 2.28. The first-order valence-corrected chi connectivity index (χ1v) is 13.1. The maximum absolute atomic E-state index is 12.9. The van der Waals surface area contributed by atoms with Crippen molar-refractivity contribution < 1.29 is 4.79 Å². The fraction of sp³-hybridized carbons (Fsp3) is 0.615. The van der Waals surface area contributed by atoms with Gasteiger partial charge in [0, 0.05) is 41.8 Å². The minimum atomic E-state index is -0.133. The molecule has 0 aromatic carbocycles. The van der Waals surface area contributed by atoms with Crippen LogP contribution in [-0.2, 0) is 6.54 Å². The van der Waals surface area contributed by atoms with Crippen LogP contribution in [0.2, 0.25) is 0 Å². The highest BCUT2D eigenvalue weighted by molar-refractivity contribution is 7.14. The van der Waals surface area contributed by atoms with Gasteiger partial charge in [-0.05, 0) is 84.7 Å². The average Bonchev–Trinajstić information content (AvgIpc) is 3.16. The Morgan fingerprint density at radius 3 is 2.27 bits per heavy atom. The molecule has 0 unspecified atom stereocenters. The quantitative estimate of drug-likeness (QED) is 0.591. The van der Waals surface area contributed by atoms with E-state index in [-0.39, 0.29) is 18.0 Å². The van der Waals surface area contributed by atoms with Gasteiger partial charge in [0.15, 0.2) is 0 Å². The normalized spacial score (nSPS) is 18.0. The molecule has 0 radical (unpaired) electrons. The predicted octanol–water partition coefficient (Wildman–Crippen LogP) is 5.02. The highest BCUT2D eigenvalue weighted by Crippen LogP contribution is 2.36. The lowest BCUT2D eigenvalue weighted by atomic mass is 9.89. The third kappa shape index (κ3) is 6.48. The van der Waals surface area contributed by atoms with E-state index in [1.165, 1.54) is 30.7 Å². The Hall–Kier alpha value is -2.12. The maximum Gasteiger partial charge on any atom is 0.253 e.